The molecule has 1 aromatic carbocycles. The Kier molecular flexibility index (Phi) is 3.40. The van der Waals surface area contributed by atoms with Crippen LogP contribution in [0, 0.1) is 15.9 Å². The first-order chi connectivity index (χ1) is 9.66. The first-order valence-corrected chi connectivity index (χ1v) is 7.34. The van der Waals surface area contributed by atoms with Crippen LogP contribution in [0.3, 0.4) is 0 Å². The molecule has 2 heterocycles. The van der Waals surface area contributed by atoms with Crippen molar-refractivity contribution in [2.45, 2.75) is 18.9 Å². The fourth-order valence-corrected chi connectivity index (χ4v) is 3.46. The standard InChI is InChI=1S/C14H13FN2O2S/c15-11-3-4-13(14(8-11)17(18)19)16-6-1-2-12(16)10-5-7-20-9-10/h3-5,7-9,12H,1-2,6H2/t12-/m1/s1. The number of nitro groups is 1. The Labute approximate surface area is 119 Å². The van der Waals surface area contributed by atoms with E-state index in [-0.39, 0.29) is 11.7 Å². The molecule has 6 heteroatoms. The van der Waals surface area contributed by atoms with Crippen LogP contribution in [0.25, 0.3) is 0 Å². The molecule has 0 unspecified atom stereocenters. The largest absolute Gasteiger partial charge is 0.359 e. The van der Waals surface area contributed by atoms with Gasteiger partial charge in [-0.3, -0.25) is 10.1 Å². The molecule has 0 aliphatic carbocycles. The number of thiophene rings is 1. The van der Waals surface area contributed by atoms with Crippen LogP contribution in [0.15, 0.2) is 35.0 Å². The molecule has 20 heavy (non-hydrogen) atoms. The summed E-state index contributed by atoms with van der Waals surface area (Å²) < 4.78 is 13.2. The smallest absolute Gasteiger partial charge is 0.295 e. The van der Waals surface area contributed by atoms with Gasteiger partial charge < -0.3 is 4.90 Å². The van der Waals surface area contributed by atoms with Crippen LogP contribution in [-0.4, -0.2) is 11.5 Å². The summed E-state index contributed by atoms with van der Waals surface area (Å²) in [6.45, 7) is 0.757. The van der Waals surface area contributed by atoms with Crippen molar-refractivity contribution in [1.29, 1.82) is 0 Å². The molecular formula is C14H13FN2O2S. The number of anilines is 1. The van der Waals surface area contributed by atoms with Crippen molar-refractivity contribution in [2.75, 3.05) is 11.4 Å². The predicted molar refractivity (Wildman–Crippen MR) is 76.7 cm³/mol. The molecular weight excluding hydrogens is 279 g/mol. The van der Waals surface area contributed by atoms with Gasteiger partial charge >= 0.3 is 0 Å². The van der Waals surface area contributed by atoms with Gasteiger partial charge in [0.25, 0.3) is 5.69 Å². The highest BCUT2D eigenvalue weighted by molar-refractivity contribution is 7.08. The van der Waals surface area contributed by atoms with Crippen molar-refractivity contribution in [1.82, 2.24) is 0 Å². The molecule has 4 nitrogen and oxygen atoms in total. The summed E-state index contributed by atoms with van der Waals surface area (Å²) in [4.78, 5) is 12.6. The molecule has 0 N–H and O–H groups in total. The molecule has 1 aliphatic rings. The zero-order chi connectivity index (χ0) is 14.1. The van der Waals surface area contributed by atoms with Gasteiger partial charge in [-0.2, -0.15) is 11.3 Å². The van der Waals surface area contributed by atoms with Crippen molar-refractivity contribution >= 4 is 22.7 Å². The van der Waals surface area contributed by atoms with Gasteiger partial charge in [0.05, 0.1) is 17.0 Å². The minimum Gasteiger partial charge on any atom is -0.359 e. The van der Waals surface area contributed by atoms with Crippen molar-refractivity contribution in [3.05, 3.63) is 56.5 Å². The highest BCUT2D eigenvalue weighted by atomic mass is 32.1. The average molecular weight is 292 g/mol. The number of nitro benzene ring substituents is 1. The molecule has 0 amide bonds. The van der Waals surface area contributed by atoms with Crippen molar-refractivity contribution in [3.8, 4) is 0 Å². The lowest BCUT2D eigenvalue weighted by Gasteiger charge is -2.26. The van der Waals surface area contributed by atoms with Gasteiger partial charge in [0.2, 0.25) is 0 Å². The lowest BCUT2D eigenvalue weighted by molar-refractivity contribution is -0.384. The number of hydrogen-bond acceptors (Lipinski definition) is 4. The third-order valence-electron chi connectivity index (χ3n) is 3.62. The summed E-state index contributed by atoms with van der Waals surface area (Å²) in [6, 6.07) is 5.98. The summed E-state index contributed by atoms with van der Waals surface area (Å²) >= 11 is 1.62. The number of benzene rings is 1. The normalized spacial score (nSPS) is 18.4. The maximum Gasteiger partial charge on any atom is 0.295 e. The summed E-state index contributed by atoms with van der Waals surface area (Å²) in [7, 11) is 0. The summed E-state index contributed by atoms with van der Waals surface area (Å²) in [6.07, 6.45) is 1.94. The summed E-state index contributed by atoms with van der Waals surface area (Å²) in [5, 5.41) is 15.2. The fourth-order valence-electron chi connectivity index (χ4n) is 2.75. The highest BCUT2D eigenvalue weighted by Crippen LogP contribution is 2.40. The van der Waals surface area contributed by atoms with Crippen LogP contribution < -0.4 is 4.90 Å². The van der Waals surface area contributed by atoms with E-state index in [2.05, 4.69) is 5.38 Å². The van der Waals surface area contributed by atoms with Crippen LogP contribution in [0.1, 0.15) is 24.4 Å². The number of nitrogens with zero attached hydrogens (tertiary/aromatic N) is 2. The van der Waals surface area contributed by atoms with Crippen molar-refractivity contribution in [3.63, 3.8) is 0 Å². The third kappa shape index (κ3) is 2.27. The van der Waals surface area contributed by atoms with Crippen LogP contribution in [0.5, 0.6) is 0 Å². The molecule has 1 atom stereocenters. The molecule has 1 aromatic heterocycles. The maximum atomic E-state index is 13.2. The van der Waals surface area contributed by atoms with E-state index in [0.29, 0.717) is 5.69 Å². The molecule has 1 fully saturated rings. The van der Waals surface area contributed by atoms with Gasteiger partial charge in [0.1, 0.15) is 11.5 Å². The van der Waals surface area contributed by atoms with Crippen LogP contribution in [0.4, 0.5) is 15.8 Å². The first kappa shape index (κ1) is 13.1. The monoisotopic (exact) mass is 292 g/mol. The summed E-state index contributed by atoms with van der Waals surface area (Å²) in [5.41, 5.74) is 1.52. The lowest BCUT2D eigenvalue weighted by atomic mass is 10.1. The first-order valence-electron chi connectivity index (χ1n) is 6.39. The van der Waals surface area contributed by atoms with E-state index >= 15 is 0 Å². The topological polar surface area (TPSA) is 46.4 Å². The third-order valence-corrected chi connectivity index (χ3v) is 4.33. The number of rotatable bonds is 3. The second-order valence-corrected chi connectivity index (χ2v) is 5.58. The summed E-state index contributed by atoms with van der Waals surface area (Å²) in [5.74, 6) is -0.577. The van der Waals surface area contributed by atoms with E-state index < -0.39 is 10.7 Å². The van der Waals surface area contributed by atoms with Crippen molar-refractivity contribution in [2.24, 2.45) is 0 Å². The minimum atomic E-state index is -0.577. The number of hydrogen-bond donors (Lipinski definition) is 0. The Morgan fingerprint density at radius 2 is 2.25 bits per heavy atom. The maximum absolute atomic E-state index is 13.2. The van der Waals surface area contributed by atoms with Gasteiger partial charge in [-0.15, -0.1) is 0 Å². The Balaban J connectivity index is 2.02. The second kappa shape index (κ2) is 5.20. The van der Waals surface area contributed by atoms with Gasteiger partial charge in [0, 0.05) is 6.54 Å². The zero-order valence-electron chi connectivity index (χ0n) is 10.7. The fraction of sp³-hybridized carbons (Fsp3) is 0.286. The van der Waals surface area contributed by atoms with E-state index in [9.17, 15) is 14.5 Å². The predicted octanol–water partition coefficient (Wildman–Crippen LogP) is 4.14. The number of halogens is 1. The minimum absolute atomic E-state index is 0.144. The molecule has 2 aromatic rings. The van der Waals surface area contributed by atoms with E-state index in [0.717, 1.165) is 25.5 Å². The Bertz CT molecular complexity index is 630. The SMILES string of the molecule is O=[N+]([O-])c1cc(F)ccc1N1CCC[C@@H]1c1ccsc1. The van der Waals surface area contributed by atoms with Gasteiger partial charge in [0.15, 0.2) is 0 Å². The molecule has 0 bridgehead atoms. The van der Waals surface area contributed by atoms with E-state index in [1.807, 2.05) is 16.3 Å². The van der Waals surface area contributed by atoms with E-state index in [4.69, 9.17) is 0 Å². The Hall–Kier alpha value is -1.95. The molecule has 0 spiro atoms. The molecule has 3 rings (SSSR count). The average Bonchev–Trinajstić information content (AvgIpc) is 3.09. The van der Waals surface area contributed by atoms with Crippen LogP contribution >= 0.6 is 11.3 Å². The van der Waals surface area contributed by atoms with Gasteiger partial charge in [-0.1, -0.05) is 0 Å². The van der Waals surface area contributed by atoms with E-state index in [1.54, 1.807) is 11.3 Å². The molecule has 104 valence electrons. The second-order valence-electron chi connectivity index (χ2n) is 4.80. The lowest BCUT2D eigenvalue weighted by Crippen LogP contribution is -2.23. The van der Waals surface area contributed by atoms with Crippen molar-refractivity contribution < 1.29 is 9.31 Å². The van der Waals surface area contributed by atoms with Crippen LogP contribution in [-0.2, 0) is 0 Å². The van der Waals surface area contributed by atoms with Gasteiger partial charge in [-0.05, 0) is 47.4 Å². The quantitative estimate of drug-likeness (QED) is 0.631. The Morgan fingerprint density at radius 3 is 2.95 bits per heavy atom. The Morgan fingerprint density at radius 1 is 1.40 bits per heavy atom. The molecule has 0 saturated carbocycles. The molecule has 1 aliphatic heterocycles. The molecule has 1 saturated heterocycles. The highest BCUT2D eigenvalue weighted by Gasteiger charge is 2.31. The van der Waals surface area contributed by atoms with Crippen LogP contribution in [0.2, 0.25) is 0 Å². The van der Waals surface area contributed by atoms with Gasteiger partial charge in [-0.25, -0.2) is 4.39 Å². The van der Waals surface area contributed by atoms with E-state index in [1.165, 1.54) is 17.7 Å². The zero-order valence-corrected chi connectivity index (χ0v) is 11.5. The molecule has 0 radical (unpaired) electrons.